The summed E-state index contributed by atoms with van der Waals surface area (Å²) in [6, 6.07) is 18.0. The van der Waals surface area contributed by atoms with E-state index in [2.05, 4.69) is 28.8 Å². The average Bonchev–Trinajstić information content (AvgIpc) is 2.56. The van der Waals surface area contributed by atoms with E-state index in [1.54, 1.807) is 12.1 Å². The molecule has 0 unspecified atom stereocenters. The highest BCUT2D eigenvalue weighted by Crippen LogP contribution is 2.09. The number of ether oxygens (including phenoxy) is 1. The first kappa shape index (κ1) is 16.0. The largest absolute Gasteiger partial charge is 0.465 e. The van der Waals surface area contributed by atoms with Crippen LogP contribution < -0.4 is 0 Å². The molecule has 0 spiro atoms. The predicted octanol–water partition coefficient (Wildman–Crippen LogP) is 3.72. The van der Waals surface area contributed by atoms with Crippen LogP contribution >= 0.6 is 0 Å². The Kier molecular flexibility index (Phi) is 5.90. The number of hydrogen-bond donors (Lipinski definition) is 0. The lowest BCUT2D eigenvalue weighted by Crippen LogP contribution is -2.05. The number of benzene rings is 2. The maximum atomic E-state index is 11.4. The van der Waals surface area contributed by atoms with Gasteiger partial charge in [-0.15, -0.1) is 0 Å². The number of carbonyl (C=O) groups is 1. The second-order valence-corrected chi connectivity index (χ2v) is 5.26. The van der Waals surface area contributed by atoms with E-state index in [1.807, 2.05) is 36.5 Å². The Morgan fingerprint density at radius 1 is 1.09 bits per heavy atom. The zero-order valence-electron chi connectivity index (χ0n) is 13.0. The first-order valence-corrected chi connectivity index (χ1v) is 7.42. The van der Waals surface area contributed by atoms with Crippen molar-refractivity contribution in [1.82, 2.24) is 0 Å². The van der Waals surface area contributed by atoms with Crippen molar-refractivity contribution in [3.05, 3.63) is 71.3 Å². The molecule has 0 aliphatic heterocycles. The van der Waals surface area contributed by atoms with E-state index >= 15 is 0 Å². The van der Waals surface area contributed by atoms with Gasteiger partial charge in [-0.05, 0) is 36.6 Å². The Morgan fingerprint density at radius 2 is 1.77 bits per heavy atom. The fraction of sp³-hybridized carbons (Fsp3) is 0.263. The zero-order valence-corrected chi connectivity index (χ0v) is 13.0. The first-order chi connectivity index (χ1) is 10.7. The number of rotatable bonds is 6. The van der Waals surface area contributed by atoms with Gasteiger partial charge in [0.1, 0.15) is 0 Å². The van der Waals surface area contributed by atoms with Gasteiger partial charge >= 0.3 is 5.97 Å². The molecule has 22 heavy (non-hydrogen) atoms. The fourth-order valence-electron chi connectivity index (χ4n) is 2.24. The molecular weight excluding hydrogens is 274 g/mol. The van der Waals surface area contributed by atoms with Crippen molar-refractivity contribution < 1.29 is 9.53 Å². The van der Waals surface area contributed by atoms with Crippen molar-refractivity contribution in [2.45, 2.75) is 25.8 Å². The number of carbonyl (C=O) groups excluding carboxylic acids is 1. The van der Waals surface area contributed by atoms with E-state index in [0.717, 1.165) is 18.4 Å². The van der Waals surface area contributed by atoms with Crippen LogP contribution in [0.5, 0.6) is 0 Å². The van der Waals surface area contributed by atoms with Gasteiger partial charge in [-0.1, -0.05) is 42.5 Å². The molecule has 2 rings (SSSR count). The molecule has 0 aliphatic carbocycles. The van der Waals surface area contributed by atoms with Gasteiger partial charge in [0.15, 0.2) is 0 Å². The molecule has 0 bridgehead atoms. The fourth-order valence-corrected chi connectivity index (χ4v) is 2.24. The molecule has 3 nitrogen and oxygen atoms in total. The predicted molar refractivity (Wildman–Crippen MR) is 89.6 cm³/mol. The van der Waals surface area contributed by atoms with Gasteiger partial charge in [0.25, 0.3) is 0 Å². The maximum Gasteiger partial charge on any atom is 0.337 e. The van der Waals surface area contributed by atoms with E-state index in [1.165, 1.54) is 12.7 Å². The molecule has 0 fully saturated rings. The standard InChI is InChI=1S/C19H21NO2/c1-15(20-13-12-16-6-4-3-5-7-16)14-17-8-10-18(11-9-17)19(21)22-2/h3-11,13,15H,12,14H2,1-2H3/t15-/m1/s1. The Labute approximate surface area is 131 Å². The molecule has 2 aromatic carbocycles. The van der Waals surface area contributed by atoms with Crippen LogP contribution in [0.25, 0.3) is 0 Å². The van der Waals surface area contributed by atoms with E-state index in [-0.39, 0.29) is 12.0 Å². The molecule has 0 amide bonds. The number of methoxy groups -OCH3 is 1. The molecule has 114 valence electrons. The van der Waals surface area contributed by atoms with Crippen LogP contribution in [0.4, 0.5) is 0 Å². The third-order valence-corrected chi connectivity index (χ3v) is 3.44. The molecule has 0 N–H and O–H groups in total. The van der Waals surface area contributed by atoms with Crippen molar-refractivity contribution in [3.8, 4) is 0 Å². The summed E-state index contributed by atoms with van der Waals surface area (Å²) in [5, 5.41) is 0. The summed E-state index contributed by atoms with van der Waals surface area (Å²) in [5.41, 5.74) is 3.00. The summed E-state index contributed by atoms with van der Waals surface area (Å²) in [6.45, 7) is 2.09. The highest BCUT2D eigenvalue weighted by atomic mass is 16.5. The monoisotopic (exact) mass is 295 g/mol. The molecule has 0 heterocycles. The van der Waals surface area contributed by atoms with Crippen LogP contribution in [0.1, 0.15) is 28.4 Å². The van der Waals surface area contributed by atoms with Gasteiger partial charge in [0, 0.05) is 12.6 Å². The minimum Gasteiger partial charge on any atom is -0.465 e. The van der Waals surface area contributed by atoms with Crippen LogP contribution in [0.3, 0.4) is 0 Å². The van der Waals surface area contributed by atoms with Gasteiger partial charge in [-0.3, -0.25) is 4.99 Å². The molecular formula is C19H21NO2. The highest BCUT2D eigenvalue weighted by molar-refractivity contribution is 5.89. The van der Waals surface area contributed by atoms with E-state index < -0.39 is 0 Å². The average molecular weight is 295 g/mol. The smallest absolute Gasteiger partial charge is 0.337 e. The Balaban J connectivity index is 1.86. The SMILES string of the molecule is COC(=O)c1ccc(C[C@@H](C)N=CCc2ccccc2)cc1. The normalized spacial score (nSPS) is 12.3. The first-order valence-electron chi connectivity index (χ1n) is 7.42. The third kappa shape index (κ3) is 4.85. The lowest BCUT2D eigenvalue weighted by atomic mass is 10.1. The van der Waals surface area contributed by atoms with Gasteiger partial charge in [-0.2, -0.15) is 0 Å². The van der Waals surface area contributed by atoms with Gasteiger partial charge in [0.2, 0.25) is 0 Å². The van der Waals surface area contributed by atoms with Gasteiger partial charge in [0.05, 0.1) is 18.7 Å². The second kappa shape index (κ2) is 8.13. The summed E-state index contributed by atoms with van der Waals surface area (Å²) >= 11 is 0. The van der Waals surface area contributed by atoms with Gasteiger partial charge < -0.3 is 4.74 Å². The summed E-state index contributed by atoms with van der Waals surface area (Å²) in [7, 11) is 1.39. The Bertz CT molecular complexity index is 618. The quantitative estimate of drug-likeness (QED) is 0.602. The molecule has 0 saturated heterocycles. The zero-order chi connectivity index (χ0) is 15.8. The van der Waals surface area contributed by atoms with Crippen molar-refractivity contribution in [3.63, 3.8) is 0 Å². The molecule has 0 aromatic heterocycles. The number of aliphatic imine (C=N–C) groups is 1. The molecule has 1 atom stereocenters. The van der Waals surface area contributed by atoms with Crippen LogP contribution in [-0.4, -0.2) is 25.3 Å². The van der Waals surface area contributed by atoms with Crippen LogP contribution in [0.2, 0.25) is 0 Å². The van der Waals surface area contributed by atoms with Crippen LogP contribution in [0, 0.1) is 0 Å². The lowest BCUT2D eigenvalue weighted by molar-refractivity contribution is 0.0600. The van der Waals surface area contributed by atoms with Crippen molar-refractivity contribution >= 4 is 12.2 Å². The highest BCUT2D eigenvalue weighted by Gasteiger charge is 2.06. The molecule has 3 heteroatoms. The van der Waals surface area contributed by atoms with E-state index in [0.29, 0.717) is 5.56 Å². The van der Waals surface area contributed by atoms with Crippen LogP contribution in [0.15, 0.2) is 59.6 Å². The van der Waals surface area contributed by atoms with Gasteiger partial charge in [-0.25, -0.2) is 4.79 Å². The van der Waals surface area contributed by atoms with Crippen molar-refractivity contribution in [2.75, 3.05) is 7.11 Å². The van der Waals surface area contributed by atoms with Crippen molar-refractivity contribution in [1.29, 1.82) is 0 Å². The summed E-state index contributed by atoms with van der Waals surface area (Å²) < 4.78 is 4.69. The number of nitrogens with zero attached hydrogens (tertiary/aromatic N) is 1. The molecule has 0 saturated carbocycles. The second-order valence-electron chi connectivity index (χ2n) is 5.26. The minimum atomic E-state index is -0.305. The summed E-state index contributed by atoms with van der Waals surface area (Å²) in [4.78, 5) is 15.9. The Hall–Kier alpha value is -2.42. The topological polar surface area (TPSA) is 38.7 Å². The maximum absolute atomic E-state index is 11.4. The summed E-state index contributed by atoms with van der Waals surface area (Å²) in [5.74, 6) is -0.305. The minimum absolute atomic E-state index is 0.215. The van der Waals surface area contributed by atoms with Crippen molar-refractivity contribution in [2.24, 2.45) is 4.99 Å². The van der Waals surface area contributed by atoms with Crippen LogP contribution in [-0.2, 0) is 17.6 Å². The number of esters is 1. The molecule has 0 radical (unpaired) electrons. The third-order valence-electron chi connectivity index (χ3n) is 3.44. The Morgan fingerprint density at radius 3 is 2.41 bits per heavy atom. The molecule has 0 aliphatic rings. The van der Waals surface area contributed by atoms with E-state index in [9.17, 15) is 4.79 Å². The van der Waals surface area contributed by atoms with E-state index in [4.69, 9.17) is 0 Å². The summed E-state index contributed by atoms with van der Waals surface area (Å²) in [6.07, 6.45) is 3.68. The lowest BCUT2D eigenvalue weighted by Gasteiger charge is -2.07. The molecule has 2 aromatic rings. The number of hydrogen-bond acceptors (Lipinski definition) is 3.